The van der Waals surface area contributed by atoms with Crippen molar-refractivity contribution in [1.82, 2.24) is 19.7 Å². The summed E-state index contributed by atoms with van der Waals surface area (Å²) in [4.78, 5) is 19.4. The van der Waals surface area contributed by atoms with E-state index in [0.717, 1.165) is 31.2 Å². The molecule has 162 valence electrons. The predicted octanol–water partition coefficient (Wildman–Crippen LogP) is 2.52. The van der Waals surface area contributed by atoms with Crippen LogP contribution < -0.4 is 5.14 Å². The molecular weight excluding hydrogens is 414 g/mol. The smallest absolute Gasteiger partial charge is 0.293 e. The Bertz CT molecular complexity index is 1170. The van der Waals surface area contributed by atoms with E-state index in [2.05, 4.69) is 10.1 Å². The largest absolute Gasteiger partial charge is 0.336 e. The normalized spacial score (nSPS) is 14.6. The number of rotatable bonds is 6. The first-order chi connectivity index (χ1) is 14.8. The van der Waals surface area contributed by atoms with E-state index in [0.29, 0.717) is 17.9 Å². The SMILES string of the molecule is CN(C(=O)c1nc(Cc2ccccc2)n(-c2ccc(S(N)(=O)=O)cc2)n1)C1CCCC1. The summed E-state index contributed by atoms with van der Waals surface area (Å²) in [5, 5.41) is 9.70. The van der Waals surface area contributed by atoms with Crippen molar-refractivity contribution in [2.24, 2.45) is 5.14 Å². The second kappa shape index (κ2) is 8.60. The van der Waals surface area contributed by atoms with Crippen molar-refractivity contribution < 1.29 is 13.2 Å². The standard InChI is InChI=1S/C22H25N5O3S/c1-26(17-9-5-6-10-17)22(28)21-24-20(15-16-7-3-2-4-8-16)27(25-21)18-11-13-19(14-12-18)31(23,29)30/h2-4,7-8,11-14,17H,5-6,9-10,15H2,1H3,(H2,23,29,30). The Morgan fingerprint density at radius 2 is 1.74 bits per heavy atom. The number of hydrogen-bond acceptors (Lipinski definition) is 5. The van der Waals surface area contributed by atoms with Gasteiger partial charge >= 0.3 is 0 Å². The third-order valence-corrected chi connectivity index (χ3v) is 6.60. The number of carbonyl (C=O) groups is 1. The van der Waals surface area contributed by atoms with Gasteiger partial charge in [-0.15, -0.1) is 5.10 Å². The zero-order chi connectivity index (χ0) is 22.0. The molecule has 1 saturated carbocycles. The highest BCUT2D eigenvalue weighted by Crippen LogP contribution is 2.24. The van der Waals surface area contributed by atoms with Crippen molar-refractivity contribution in [3.8, 4) is 5.69 Å². The molecule has 1 amide bonds. The molecule has 1 aliphatic carbocycles. The molecule has 1 heterocycles. The van der Waals surface area contributed by atoms with E-state index in [1.165, 1.54) is 12.1 Å². The van der Waals surface area contributed by atoms with Crippen LogP contribution in [0.25, 0.3) is 5.69 Å². The number of sulfonamides is 1. The summed E-state index contributed by atoms with van der Waals surface area (Å²) in [5.41, 5.74) is 1.63. The molecule has 2 aromatic carbocycles. The molecule has 0 radical (unpaired) electrons. The van der Waals surface area contributed by atoms with Crippen LogP contribution in [0, 0.1) is 0 Å². The minimum absolute atomic E-state index is 0.0123. The lowest BCUT2D eigenvalue weighted by Crippen LogP contribution is -2.35. The molecule has 9 heteroatoms. The first-order valence-corrected chi connectivity index (χ1v) is 11.8. The molecule has 0 bridgehead atoms. The van der Waals surface area contributed by atoms with Gasteiger partial charge in [0.1, 0.15) is 5.82 Å². The van der Waals surface area contributed by atoms with Crippen molar-refractivity contribution in [2.75, 3.05) is 7.05 Å². The van der Waals surface area contributed by atoms with Crippen LogP contribution >= 0.6 is 0 Å². The lowest BCUT2D eigenvalue weighted by atomic mass is 10.1. The first-order valence-electron chi connectivity index (χ1n) is 10.2. The number of amides is 1. The van der Waals surface area contributed by atoms with E-state index in [1.54, 1.807) is 28.8 Å². The molecule has 0 atom stereocenters. The van der Waals surface area contributed by atoms with Crippen LogP contribution in [0.3, 0.4) is 0 Å². The average molecular weight is 440 g/mol. The van der Waals surface area contributed by atoms with Gasteiger partial charge in [0.25, 0.3) is 5.91 Å². The van der Waals surface area contributed by atoms with E-state index in [-0.39, 0.29) is 22.7 Å². The highest BCUT2D eigenvalue weighted by Gasteiger charge is 2.27. The van der Waals surface area contributed by atoms with E-state index in [4.69, 9.17) is 5.14 Å². The van der Waals surface area contributed by atoms with Gasteiger partial charge < -0.3 is 4.90 Å². The Hall–Kier alpha value is -3.04. The zero-order valence-electron chi connectivity index (χ0n) is 17.3. The van der Waals surface area contributed by atoms with Gasteiger partial charge in [-0.1, -0.05) is 43.2 Å². The summed E-state index contributed by atoms with van der Waals surface area (Å²) in [5.74, 6) is 0.523. The lowest BCUT2D eigenvalue weighted by Gasteiger charge is -2.22. The van der Waals surface area contributed by atoms with Crippen LogP contribution in [0.1, 0.15) is 47.7 Å². The van der Waals surface area contributed by atoms with Crippen LogP contribution in [0.2, 0.25) is 0 Å². The number of hydrogen-bond donors (Lipinski definition) is 1. The fourth-order valence-corrected chi connectivity index (χ4v) is 4.44. The monoisotopic (exact) mass is 439 g/mol. The number of nitrogens with two attached hydrogens (primary N) is 1. The Labute approximate surface area is 181 Å². The maximum absolute atomic E-state index is 13.1. The molecular formula is C22H25N5O3S. The minimum Gasteiger partial charge on any atom is -0.336 e. The highest BCUT2D eigenvalue weighted by atomic mass is 32.2. The van der Waals surface area contributed by atoms with Gasteiger partial charge in [-0.25, -0.2) is 23.2 Å². The third kappa shape index (κ3) is 4.67. The van der Waals surface area contributed by atoms with Gasteiger partial charge in [-0.3, -0.25) is 4.79 Å². The third-order valence-electron chi connectivity index (χ3n) is 5.67. The van der Waals surface area contributed by atoms with Crippen LogP contribution in [0.15, 0.2) is 59.5 Å². The molecule has 0 aliphatic heterocycles. The van der Waals surface area contributed by atoms with Crippen LogP contribution in [-0.4, -0.2) is 47.1 Å². The Morgan fingerprint density at radius 1 is 1.10 bits per heavy atom. The van der Waals surface area contributed by atoms with Crippen LogP contribution in [0.4, 0.5) is 0 Å². The second-order valence-electron chi connectivity index (χ2n) is 7.82. The van der Waals surface area contributed by atoms with Gasteiger partial charge in [0.2, 0.25) is 15.8 Å². The van der Waals surface area contributed by atoms with Gasteiger partial charge in [0.05, 0.1) is 10.6 Å². The molecule has 4 rings (SSSR count). The maximum atomic E-state index is 13.1. The first kappa shape index (κ1) is 21.2. The van der Waals surface area contributed by atoms with Crippen LogP contribution in [-0.2, 0) is 16.4 Å². The van der Waals surface area contributed by atoms with E-state index < -0.39 is 10.0 Å². The summed E-state index contributed by atoms with van der Waals surface area (Å²) < 4.78 is 24.7. The van der Waals surface area contributed by atoms with Crippen molar-refractivity contribution in [1.29, 1.82) is 0 Å². The second-order valence-corrected chi connectivity index (χ2v) is 9.38. The number of carbonyl (C=O) groups excluding carboxylic acids is 1. The molecule has 0 spiro atoms. The number of aromatic nitrogens is 3. The van der Waals surface area contributed by atoms with Gasteiger partial charge in [0, 0.05) is 19.5 Å². The minimum atomic E-state index is -3.80. The fourth-order valence-electron chi connectivity index (χ4n) is 3.93. The van der Waals surface area contributed by atoms with Crippen LogP contribution in [0.5, 0.6) is 0 Å². The number of benzene rings is 2. The summed E-state index contributed by atoms with van der Waals surface area (Å²) in [6.45, 7) is 0. The van der Waals surface area contributed by atoms with Crippen molar-refractivity contribution >= 4 is 15.9 Å². The number of primary sulfonamides is 1. The zero-order valence-corrected chi connectivity index (χ0v) is 18.1. The molecule has 1 aliphatic rings. The molecule has 8 nitrogen and oxygen atoms in total. The average Bonchev–Trinajstić information content (AvgIpc) is 3.43. The van der Waals surface area contributed by atoms with Crippen molar-refractivity contribution in [3.05, 3.63) is 71.8 Å². The molecule has 31 heavy (non-hydrogen) atoms. The Kier molecular flexibility index (Phi) is 5.88. The number of nitrogens with zero attached hydrogens (tertiary/aromatic N) is 4. The summed E-state index contributed by atoms with van der Waals surface area (Å²) >= 11 is 0. The van der Waals surface area contributed by atoms with Crippen molar-refractivity contribution in [3.63, 3.8) is 0 Å². The molecule has 0 saturated heterocycles. The summed E-state index contributed by atoms with van der Waals surface area (Å²) in [7, 11) is -1.99. The molecule has 0 unspecified atom stereocenters. The van der Waals surface area contributed by atoms with E-state index in [9.17, 15) is 13.2 Å². The lowest BCUT2D eigenvalue weighted by molar-refractivity contribution is 0.0723. The van der Waals surface area contributed by atoms with Gasteiger partial charge in [0.15, 0.2) is 0 Å². The summed E-state index contributed by atoms with van der Waals surface area (Å²) in [6, 6.07) is 16.1. The Balaban J connectivity index is 1.70. The maximum Gasteiger partial charge on any atom is 0.293 e. The molecule has 1 aromatic heterocycles. The molecule has 3 aromatic rings. The van der Waals surface area contributed by atoms with E-state index in [1.807, 2.05) is 30.3 Å². The topological polar surface area (TPSA) is 111 Å². The van der Waals surface area contributed by atoms with Gasteiger partial charge in [-0.05, 0) is 42.7 Å². The fraction of sp³-hybridized carbons (Fsp3) is 0.318. The quantitative estimate of drug-likeness (QED) is 0.634. The molecule has 2 N–H and O–H groups in total. The Morgan fingerprint density at radius 3 is 2.35 bits per heavy atom. The highest BCUT2D eigenvalue weighted by molar-refractivity contribution is 7.89. The summed E-state index contributed by atoms with van der Waals surface area (Å²) in [6.07, 6.45) is 4.72. The predicted molar refractivity (Wildman–Crippen MR) is 116 cm³/mol. The molecule has 1 fully saturated rings. The van der Waals surface area contributed by atoms with Gasteiger partial charge in [-0.2, -0.15) is 0 Å². The van der Waals surface area contributed by atoms with Crippen molar-refractivity contribution in [2.45, 2.75) is 43.0 Å². The van der Waals surface area contributed by atoms with E-state index >= 15 is 0 Å².